The van der Waals surface area contributed by atoms with Crippen molar-refractivity contribution in [3.05, 3.63) is 0 Å². The van der Waals surface area contributed by atoms with Gasteiger partial charge in [0, 0.05) is 39.0 Å². The van der Waals surface area contributed by atoms with Crippen molar-refractivity contribution < 1.29 is 19.1 Å². The highest BCUT2D eigenvalue weighted by Crippen LogP contribution is 2.24. The number of ether oxygens (including phenoxy) is 1. The summed E-state index contributed by atoms with van der Waals surface area (Å²) in [7, 11) is 0. The lowest BCUT2D eigenvalue weighted by Crippen LogP contribution is -2.48. The quantitative estimate of drug-likeness (QED) is 0.731. The lowest BCUT2D eigenvalue weighted by Gasteiger charge is -2.37. The average Bonchev–Trinajstić information content (AvgIpc) is 2.54. The Morgan fingerprint density at radius 3 is 2.27 bits per heavy atom. The Balaban J connectivity index is 1.87. The normalized spacial score (nSPS) is 23.3. The van der Waals surface area contributed by atoms with Crippen molar-refractivity contribution >= 4 is 17.8 Å². The van der Waals surface area contributed by atoms with E-state index < -0.39 is 0 Å². The van der Waals surface area contributed by atoms with Gasteiger partial charge in [0.25, 0.3) is 0 Å². The maximum atomic E-state index is 12.6. The summed E-state index contributed by atoms with van der Waals surface area (Å²) in [5.74, 6) is -0.179. The number of likely N-dealkylation sites (tertiary alicyclic amines) is 2. The molecule has 2 rings (SSSR count). The van der Waals surface area contributed by atoms with Crippen molar-refractivity contribution in [2.24, 2.45) is 11.8 Å². The smallest absolute Gasteiger partial charge is 0.310 e. The fraction of sp³-hybridized carbons (Fsp3) is 0.812. The molecule has 6 nitrogen and oxygen atoms in total. The van der Waals surface area contributed by atoms with Gasteiger partial charge in [0.1, 0.15) is 0 Å². The summed E-state index contributed by atoms with van der Waals surface area (Å²) in [6, 6.07) is 0. The molecule has 0 aliphatic carbocycles. The average molecular weight is 310 g/mol. The lowest BCUT2D eigenvalue weighted by molar-refractivity contribution is -0.152. The number of hydrogen-bond donors (Lipinski definition) is 0. The van der Waals surface area contributed by atoms with Crippen LogP contribution in [0, 0.1) is 11.8 Å². The van der Waals surface area contributed by atoms with Crippen LogP contribution in [0.15, 0.2) is 0 Å². The summed E-state index contributed by atoms with van der Waals surface area (Å²) in [4.78, 5) is 39.4. The van der Waals surface area contributed by atoms with Gasteiger partial charge < -0.3 is 14.5 Å². The van der Waals surface area contributed by atoms with E-state index in [2.05, 4.69) is 0 Å². The van der Waals surface area contributed by atoms with Crippen molar-refractivity contribution in [2.45, 2.75) is 39.5 Å². The van der Waals surface area contributed by atoms with Gasteiger partial charge in [-0.15, -0.1) is 0 Å². The summed E-state index contributed by atoms with van der Waals surface area (Å²) in [5, 5.41) is 0. The highest BCUT2D eigenvalue weighted by atomic mass is 16.5. The van der Waals surface area contributed by atoms with Crippen LogP contribution in [-0.4, -0.2) is 60.4 Å². The second-order valence-electron chi connectivity index (χ2n) is 6.16. The minimum atomic E-state index is -0.189. The van der Waals surface area contributed by atoms with Crippen LogP contribution in [-0.2, 0) is 19.1 Å². The van der Waals surface area contributed by atoms with E-state index in [0.717, 1.165) is 32.2 Å². The molecule has 2 heterocycles. The number of nitrogens with zero attached hydrogens (tertiary/aromatic N) is 2. The molecule has 2 fully saturated rings. The molecular formula is C16H26N2O4. The largest absolute Gasteiger partial charge is 0.466 e. The van der Waals surface area contributed by atoms with Crippen LogP contribution in [0.3, 0.4) is 0 Å². The van der Waals surface area contributed by atoms with Crippen molar-refractivity contribution in [1.82, 2.24) is 9.80 Å². The summed E-state index contributed by atoms with van der Waals surface area (Å²) in [6.07, 6.45) is 3.09. The van der Waals surface area contributed by atoms with Gasteiger partial charge in [-0.2, -0.15) is 0 Å². The topological polar surface area (TPSA) is 66.9 Å². The molecule has 0 saturated carbocycles. The predicted molar refractivity (Wildman–Crippen MR) is 80.9 cm³/mol. The van der Waals surface area contributed by atoms with Crippen LogP contribution in [0.4, 0.5) is 0 Å². The molecule has 2 saturated heterocycles. The van der Waals surface area contributed by atoms with Crippen LogP contribution >= 0.6 is 0 Å². The van der Waals surface area contributed by atoms with Crippen LogP contribution in [0.1, 0.15) is 39.5 Å². The predicted octanol–water partition coefficient (Wildman–Crippen LogP) is 1.05. The van der Waals surface area contributed by atoms with E-state index in [-0.39, 0.29) is 29.6 Å². The number of amides is 2. The molecule has 0 N–H and O–H groups in total. The highest BCUT2D eigenvalue weighted by molar-refractivity contribution is 5.81. The van der Waals surface area contributed by atoms with Crippen molar-refractivity contribution in [3.8, 4) is 0 Å². The van der Waals surface area contributed by atoms with Crippen LogP contribution in [0.25, 0.3) is 0 Å². The Labute approximate surface area is 131 Å². The standard InChI is InChI=1S/C16H26N2O4/c1-3-22-16(21)14-5-4-8-18(11-14)15(20)13-6-9-17(10-7-13)12(2)19/h13-14H,3-11H2,1-2H3. The Hall–Kier alpha value is -1.59. The van der Waals surface area contributed by atoms with Gasteiger partial charge in [0.05, 0.1) is 12.5 Å². The molecule has 0 radical (unpaired) electrons. The first-order chi connectivity index (χ1) is 10.5. The van der Waals surface area contributed by atoms with Crippen molar-refractivity contribution in [3.63, 3.8) is 0 Å². The number of carbonyl (C=O) groups excluding carboxylic acids is 3. The molecule has 1 unspecified atom stereocenters. The van der Waals surface area contributed by atoms with E-state index in [9.17, 15) is 14.4 Å². The molecule has 0 spiro atoms. The van der Waals surface area contributed by atoms with Gasteiger partial charge >= 0.3 is 5.97 Å². The molecule has 0 aromatic rings. The molecule has 22 heavy (non-hydrogen) atoms. The summed E-state index contributed by atoms with van der Waals surface area (Å²) in [6.45, 7) is 6.25. The highest BCUT2D eigenvalue weighted by Gasteiger charge is 2.34. The zero-order valence-corrected chi connectivity index (χ0v) is 13.5. The van der Waals surface area contributed by atoms with Crippen molar-refractivity contribution in [2.75, 3.05) is 32.8 Å². The molecule has 0 aromatic carbocycles. The Morgan fingerprint density at radius 1 is 1.00 bits per heavy atom. The number of piperidine rings is 2. The lowest BCUT2D eigenvalue weighted by atomic mass is 9.92. The molecule has 0 bridgehead atoms. The summed E-state index contributed by atoms with van der Waals surface area (Å²) >= 11 is 0. The maximum absolute atomic E-state index is 12.6. The summed E-state index contributed by atoms with van der Waals surface area (Å²) in [5.41, 5.74) is 0. The van der Waals surface area contributed by atoms with Gasteiger partial charge in [0.15, 0.2) is 0 Å². The Kier molecular flexibility index (Phi) is 5.80. The molecule has 1 atom stereocenters. The minimum absolute atomic E-state index is 0.0171. The van der Waals surface area contributed by atoms with E-state index in [1.807, 2.05) is 4.90 Å². The molecule has 6 heteroatoms. The molecule has 2 aliphatic rings. The van der Waals surface area contributed by atoms with Gasteiger partial charge in [-0.25, -0.2) is 0 Å². The minimum Gasteiger partial charge on any atom is -0.466 e. The molecule has 2 amide bonds. The second kappa shape index (κ2) is 7.61. The maximum Gasteiger partial charge on any atom is 0.310 e. The first kappa shape index (κ1) is 16.8. The van der Waals surface area contributed by atoms with Crippen LogP contribution in [0.2, 0.25) is 0 Å². The van der Waals surface area contributed by atoms with Gasteiger partial charge in [-0.05, 0) is 32.6 Å². The van der Waals surface area contributed by atoms with Crippen LogP contribution in [0.5, 0.6) is 0 Å². The van der Waals surface area contributed by atoms with E-state index in [0.29, 0.717) is 26.2 Å². The molecule has 2 aliphatic heterocycles. The third-order valence-corrected chi connectivity index (χ3v) is 4.64. The van der Waals surface area contributed by atoms with Gasteiger partial charge in [-0.3, -0.25) is 14.4 Å². The second-order valence-corrected chi connectivity index (χ2v) is 6.16. The Bertz CT molecular complexity index is 430. The molecule has 0 aromatic heterocycles. The van der Waals surface area contributed by atoms with E-state index >= 15 is 0 Å². The van der Waals surface area contributed by atoms with E-state index in [4.69, 9.17) is 4.74 Å². The third-order valence-electron chi connectivity index (χ3n) is 4.64. The van der Waals surface area contributed by atoms with Gasteiger partial charge in [-0.1, -0.05) is 0 Å². The zero-order chi connectivity index (χ0) is 16.1. The van der Waals surface area contributed by atoms with Gasteiger partial charge in [0.2, 0.25) is 11.8 Å². The first-order valence-electron chi connectivity index (χ1n) is 8.23. The number of rotatable bonds is 3. The number of carbonyl (C=O) groups is 3. The SMILES string of the molecule is CCOC(=O)C1CCCN(C(=O)C2CCN(C(C)=O)CC2)C1. The van der Waals surface area contributed by atoms with E-state index in [1.54, 1.807) is 18.7 Å². The Morgan fingerprint density at radius 2 is 1.68 bits per heavy atom. The zero-order valence-electron chi connectivity index (χ0n) is 13.5. The van der Waals surface area contributed by atoms with Crippen LogP contribution < -0.4 is 0 Å². The molecule has 124 valence electrons. The van der Waals surface area contributed by atoms with E-state index in [1.165, 1.54) is 0 Å². The number of hydrogen-bond acceptors (Lipinski definition) is 4. The number of esters is 1. The first-order valence-corrected chi connectivity index (χ1v) is 8.23. The fourth-order valence-electron chi connectivity index (χ4n) is 3.33. The summed E-state index contributed by atoms with van der Waals surface area (Å²) < 4.78 is 5.07. The molecular weight excluding hydrogens is 284 g/mol. The fourth-order valence-corrected chi connectivity index (χ4v) is 3.33. The van der Waals surface area contributed by atoms with Crippen molar-refractivity contribution in [1.29, 1.82) is 0 Å². The monoisotopic (exact) mass is 310 g/mol. The third kappa shape index (κ3) is 3.99.